The zero-order valence-corrected chi connectivity index (χ0v) is 14.9. The minimum Gasteiger partial charge on any atom is -0.508 e. The Morgan fingerprint density at radius 1 is 1.23 bits per heavy atom. The number of carbonyl (C=O) groups is 2. The molecule has 1 aliphatic rings. The van der Waals surface area contributed by atoms with Gasteiger partial charge in [-0.2, -0.15) is 0 Å². The molecule has 0 saturated heterocycles. The fourth-order valence-electron chi connectivity index (χ4n) is 2.79. The predicted molar refractivity (Wildman–Crippen MR) is 98.2 cm³/mol. The van der Waals surface area contributed by atoms with Crippen LogP contribution >= 0.6 is 0 Å². The fourth-order valence-corrected chi connectivity index (χ4v) is 2.79. The van der Waals surface area contributed by atoms with Gasteiger partial charge in [-0.05, 0) is 55.2 Å². The monoisotopic (exact) mass is 354 g/mol. The molecule has 0 radical (unpaired) electrons. The Hall–Kier alpha value is -3.02. The lowest BCUT2D eigenvalue weighted by atomic mass is 10.1. The highest BCUT2D eigenvalue weighted by Crippen LogP contribution is 2.30. The topological polar surface area (TPSA) is 78.9 Å². The first kappa shape index (κ1) is 17.8. The van der Waals surface area contributed by atoms with Crippen LogP contribution in [0.25, 0.3) is 0 Å². The Bertz CT molecular complexity index is 830. The van der Waals surface area contributed by atoms with Crippen LogP contribution in [0, 0.1) is 6.92 Å². The Labute approximate surface area is 152 Å². The van der Waals surface area contributed by atoms with Crippen molar-refractivity contribution in [2.24, 2.45) is 0 Å². The fraction of sp³-hybridized carbons (Fsp3) is 0.300. The van der Waals surface area contributed by atoms with Crippen molar-refractivity contribution in [3.8, 4) is 5.75 Å². The number of carbonyl (C=O) groups excluding carboxylic acids is 2. The molecular weight excluding hydrogens is 332 g/mol. The van der Waals surface area contributed by atoms with E-state index in [0.717, 1.165) is 24.0 Å². The van der Waals surface area contributed by atoms with Gasteiger partial charge >= 0.3 is 12.0 Å². The molecule has 0 aromatic heterocycles. The summed E-state index contributed by atoms with van der Waals surface area (Å²) >= 11 is 0. The molecule has 6 heteroatoms. The number of anilines is 1. The number of benzene rings is 2. The molecule has 0 aliphatic heterocycles. The van der Waals surface area contributed by atoms with E-state index in [1.54, 1.807) is 41.3 Å². The highest BCUT2D eigenvalue weighted by molar-refractivity contribution is 5.94. The Morgan fingerprint density at radius 3 is 2.65 bits per heavy atom. The molecule has 0 atom stereocenters. The number of phenolic OH excluding ortho intramolecular Hbond substituents is 1. The summed E-state index contributed by atoms with van der Waals surface area (Å²) in [6.45, 7) is 2.29. The number of hydrogen-bond donors (Lipinski definition) is 2. The van der Waals surface area contributed by atoms with Crippen LogP contribution < -0.4 is 5.32 Å². The third-order valence-electron chi connectivity index (χ3n) is 4.41. The van der Waals surface area contributed by atoms with Gasteiger partial charge in [-0.15, -0.1) is 0 Å². The molecule has 6 nitrogen and oxygen atoms in total. The molecular formula is C20H22N2O4. The van der Waals surface area contributed by atoms with E-state index in [-0.39, 0.29) is 17.8 Å². The van der Waals surface area contributed by atoms with E-state index >= 15 is 0 Å². The van der Waals surface area contributed by atoms with Gasteiger partial charge < -0.3 is 20.1 Å². The summed E-state index contributed by atoms with van der Waals surface area (Å²) in [4.78, 5) is 26.3. The number of hydrogen-bond acceptors (Lipinski definition) is 4. The van der Waals surface area contributed by atoms with E-state index in [9.17, 15) is 14.7 Å². The number of ether oxygens (including phenoxy) is 1. The molecule has 1 fully saturated rings. The Morgan fingerprint density at radius 2 is 2.00 bits per heavy atom. The zero-order valence-electron chi connectivity index (χ0n) is 14.9. The minimum atomic E-state index is -0.445. The maximum Gasteiger partial charge on any atom is 0.337 e. The number of methoxy groups -OCH3 is 1. The SMILES string of the molecule is COC(=O)c1ccc(C)c(NC(=O)N(Cc2cccc(O)c2)C2CC2)c1. The van der Waals surface area contributed by atoms with Crippen molar-refractivity contribution in [2.75, 3.05) is 12.4 Å². The van der Waals surface area contributed by atoms with Crippen molar-refractivity contribution in [1.29, 1.82) is 0 Å². The van der Waals surface area contributed by atoms with Crippen LogP contribution in [-0.2, 0) is 11.3 Å². The lowest BCUT2D eigenvalue weighted by Crippen LogP contribution is -2.36. The quantitative estimate of drug-likeness (QED) is 0.803. The first-order valence-corrected chi connectivity index (χ1v) is 8.52. The number of nitrogens with zero attached hydrogens (tertiary/aromatic N) is 1. The number of aryl methyl sites for hydroxylation is 1. The number of phenols is 1. The van der Waals surface area contributed by atoms with Crippen LogP contribution in [-0.4, -0.2) is 35.2 Å². The predicted octanol–water partition coefficient (Wildman–Crippen LogP) is 3.68. The second-order valence-electron chi connectivity index (χ2n) is 6.48. The highest BCUT2D eigenvalue weighted by Gasteiger charge is 2.33. The van der Waals surface area contributed by atoms with Crippen molar-refractivity contribution in [3.05, 3.63) is 59.2 Å². The number of nitrogens with one attached hydrogen (secondary N) is 1. The van der Waals surface area contributed by atoms with Gasteiger partial charge in [0.2, 0.25) is 0 Å². The summed E-state index contributed by atoms with van der Waals surface area (Å²) in [5, 5.41) is 12.5. The second kappa shape index (κ2) is 7.47. The second-order valence-corrected chi connectivity index (χ2v) is 6.48. The summed E-state index contributed by atoms with van der Waals surface area (Å²) in [6.07, 6.45) is 1.93. The zero-order chi connectivity index (χ0) is 18.7. The van der Waals surface area contributed by atoms with E-state index in [2.05, 4.69) is 5.32 Å². The van der Waals surface area contributed by atoms with Crippen molar-refractivity contribution < 1.29 is 19.4 Å². The summed E-state index contributed by atoms with van der Waals surface area (Å²) in [7, 11) is 1.32. The molecule has 0 bridgehead atoms. The van der Waals surface area contributed by atoms with Crippen LogP contribution in [0.4, 0.5) is 10.5 Å². The van der Waals surface area contributed by atoms with Gasteiger partial charge in [-0.1, -0.05) is 18.2 Å². The molecule has 2 amide bonds. The highest BCUT2D eigenvalue weighted by atomic mass is 16.5. The molecule has 2 N–H and O–H groups in total. The van der Waals surface area contributed by atoms with Crippen LogP contribution in [0.2, 0.25) is 0 Å². The van der Waals surface area contributed by atoms with Gasteiger partial charge in [0.05, 0.1) is 12.7 Å². The number of urea groups is 1. The number of amides is 2. The Balaban J connectivity index is 1.77. The van der Waals surface area contributed by atoms with Crippen molar-refractivity contribution >= 4 is 17.7 Å². The van der Waals surface area contributed by atoms with E-state index in [4.69, 9.17) is 4.74 Å². The van der Waals surface area contributed by atoms with Crippen molar-refractivity contribution in [1.82, 2.24) is 4.90 Å². The van der Waals surface area contributed by atoms with Crippen LogP contribution in [0.3, 0.4) is 0 Å². The van der Waals surface area contributed by atoms with E-state index < -0.39 is 5.97 Å². The molecule has 0 unspecified atom stereocenters. The molecule has 1 aliphatic carbocycles. The maximum absolute atomic E-state index is 12.8. The molecule has 26 heavy (non-hydrogen) atoms. The number of aromatic hydroxyl groups is 1. The summed E-state index contributed by atoms with van der Waals surface area (Å²) in [6, 6.07) is 11.9. The largest absolute Gasteiger partial charge is 0.508 e. The molecule has 2 aromatic rings. The van der Waals surface area contributed by atoms with Crippen molar-refractivity contribution in [3.63, 3.8) is 0 Å². The number of esters is 1. The van der Waals surface area contributed by atoms with Crippen LogP contribution in [0.5, 0.6) is 5.75 Å². The third kappa shape index (κ3) is 4.14. The van der Waals surface area contributed by atoms with Gasteiger partial charge in [0.15, 0.2) is 0 Å². The third-order valence-corrected chi connectivity index (χ3v) is 4.41. The normalized spacial score (nSPS) is 13.2. The first-order valence-electron chi connectivity index (χ1n) is 8.52. The van der Waals surface area contributed by atoms with Gasteiger partial charge in [0, 0.05) is 18.3 Å². The van der Waals surface area contributed by atoms with Gasteiger partial charge in [0.1, 0.15) is 5.75 Å². The van der Waals surface area contributed by atoms with E-state index in [1.165, 1.54) is 7.11 Å². The van der Waals surface area contributed by atoms with Crippen LogP contribution in [0.15, 0.2) is 42.5 Å². The summed E-state index contributed by atoms with van der Waals surface area (Å²) in [5.74, 6) is -0.264. The molecule has 3 rings (SSSR count). The van der Waals surface area contributed by atoms with Gasteiger partial charge in [-0.25, -0.2) is 9.59 Å². The van der Waals surface area contributed by atoms with E-state index in [1.807, 2.05) is 13.0 Å². The van der Waals surface area contributed by atoms with Gasteiger partial charge in [0.25, 0.3) is 0 Å². The molecule has 1 saturated carbocycles. The molecule has 2 aromatic carbocycles. The van der Waals surface area contributed by atoms with Crippen LogP contribution in [0.1, 0.15) is 34.3 Å². The summed E-state index contributed by atoms with van der Waals surface area (Å²) in [5.41, 5.74) is 2.70. The minimum absolute atomic E-state index is 0.181. The smallest absolute Gasteiger partial charge is 0.337 e. The summed E-state index contributed by atoms with van der Waals surface area (Å²) < 4.78 is 4.74. The molecule has 136 valence electrons. The lowest BCUT2D eigenvalue weighted by Gasteiger charge is -2.24. The standard InChI is InChI=1S/C20H22N2O4/c1-13-6-7-15(19(24)26-2)11-18(13)21-20(25)22(16-8-9-16)12-14-4-3-5-17(23)10-14/h3-7,10-11,16,23H,8-9,12H2,1-2H3,(H,21,25). The first-order chi connectivity index (χ1) is 12.5. The van der Waals surface area contributed by atoms with Crippen molar-refractivity contribution in [2.45, 2.75) is 32.4 Å². The molecule has 0 heterocycles. The van der Waals surface area contributed by atoms with E-state index in [0.29, 0.717) is 17.8 Å². The Kier molecular flexibility index (Phi) is 5.11. The van der Waals surface area contributed by atoms with Gasteiger partial charge in [-0.3, -0.25) is 0 Å². The maximum atomic E-state index is 12.8. The number of rotatable bonds is 5. The lowest BCUT2D eigenvalue weighted by molar-refractivity contribution is 0.0600. The average Bonchev–Trinajstić information content (AvgIpc) is 3.45. The average molecular weight is 354 g/mol. The molecule has 0 spiro atoms.